The summed E-state index contributed by atoms with van der Waals surface area (Å²) in [5, 5.41) is 23.4. The molecule has 0 atom stereocenters. The summed E-state index contributed by atoms with van der Waals surface area (Å²) in [6, 6.07) is 12.6. The lowest BCUT2D eigenvalue weighted by Crippen LogP contribution is -2.40. The lowest BCUT2D eigenvalue weighted by atomic mass is 9.74. The molecule has 134 valence electrons. The fraction of sp³-hybridized carbons (Fsp3) is 0.316. The van der Waals surface area contributed by atoms with E-state index in [0.717, 1.165) is 18.4 Å². The van der Waals surface area contributed by atoms with E-state index in [2.05, 4.69) is 5.32 Å². The zero-order chi connectivity index (χ0) is 18.6. The number of hydrogen-bond donors (Lipinski definition) is 1. The summed E-state index contributed by atoms with van der Waals surface area (Å²) in [6.07, 6.45) is 1.46. The van der Waals surface area contributed by atoms with Gasteiger partial charge in [-0.05, 0) is 42.7 Å². The van der Waals surface area contributed by atoms with E-state index in [0.29, 0.717) is 25.4 Å². The van der Waals surface area contributed by atoms with Gasteiger partial charge in [0.25, 0.3) is 5.69 Å². The van der Waals surface area contributed by atoms with Gasteiger partial charge < -0.3 is 10.1 Å². The predicted molar refractivity (Wildman–Crippen MR) is 94.4 cm³/mol. The number of nitriles is 1. The lowest BCUT2D eigenvalue weighted by Gasteiger charge is -2.38. The maximum atomic E-state index is 13.3. The van der Waals surface area contributed by atoms with Gasteiger partial charge in [-0.2, -0.15) is 5.26 Å². The molecule has 2 aromatic carbocycles. The highest BCUT2D eigenvalue weighted by atomic mass is 19.1. The van der Waals surface area contributed by atoms with Crippen molar-refractivity contribution < 1.29 is 14.1 Å². The molecule has 26 heavy (non-hydrogen) atoms. The third-order valence-electron chi connectivity index (χ3n) is 4.85. The summed E-state index contributed by atoms with van der Waals surface area (Å²) in [4.78, 5) is 10.8. The van der Waals surface area contributed by atoms with Crippen LogP contribution in [-0.2, 0) is 10.2 Å². The number of ether oxygens (including phenoxy) is 1. The maximum Gasteiger partial charge on any atom is 0.293 e. The fourth-order valence-electron chi connectivity index (χ4n) is 3.30. The minimum Gasteiger partial charge on any atom is -0.381 e. The van der Waals surface area contributed by atoms with Crippen LogP contribution in [-0.4, -0.2) is 24.7 Å². The van der Waals surface area contributed by atoms with Gasteiger partial charge in [0.1, 0.15) is 11.5 Å². The van der Waals surface area contributed by atoms with Crippen molar-refractivity contribution in [2.45, 2.75) is 18.3 Å². The van der Waals surface area contributed by atoms with Crippen molar-refractivity contribution in [3.63, 3.8) is 0 Å². The number of hydrogen-bond acceptors (Lipinski definition) is 5. The summed E-state index contributed by atoms with van der Waals surface area (Å²) in [5.74, 6) is -0.299. The Morgan fingerprint density at radius 1 is 1.23 bits per heavy atom. The number of rotatable bonds is 5. The first kappa shape index (κ1) is 17.8. The summed E-state index contributed by atoms with van der Waals surface area (Å²) in [5.41, 5.74) is 1.15. The number of nitro groups is 1. The first-order valence-electron chi connectivity index (χ1n) is 8.30. The van der Waals surface area contributed by atoms with Crippen molar-refractivity contribution in [1.82, 2.24) is 0 Å². The van der Waals surface area contributed by atoms with Crippen molar-refractivity contribution in [1.29, 1.82) is 5.26 Å². The van der Waals surface area contributed by atoms with Gasteiger partial charge in [0.15, 0.2) is 0 Å². The van der Waals surface area contributed by atoms with Crippen LogP contribution in [0.5, 0.6) is 0 Å². The standard InChI is InChI=1S/C19H18FN3O3/c20-16-4-2-15(3-5-16)19(7-9-26-10-8-19)13-22-17-6-1-14(12-21)11-18(17)23(24)25/h1-6,11,22H,7-10,13H2. The summed E-state index contributed by atoms with van der Waals surface area (Å²) in [6.45, 7) is 1.61. The SMILES string of the molecule is N#Cc1ccc(NCC2(c3ccc(F)cc3)CCOCC2)c([N+](=O)[O-])c1. The van der Waals surface area contributed by atoms with Crippen LogP contribution in [0.3, 0.4) is 0 Å². The Morgan fingerprint density at radius 3 is 2.54 bits per heavy atom. The highest BCUT2D eigenvalue weighted by Gasteiger charge is 2.35. The second-order valence-corrected chi connectivity index (χ2v) is 6.35. The normalized spacial score (nSPS) is 15.8. The predicted octanol–water partition coefficient (Wildman–Crippen LogP) is 3.77. The summed E-state index contributed by atoms with van der Waals surface area (Å²) in [7, 11) is 0. The topological polar surface area (TPSA) is 88.2 Å². The molecule has 1 fully saturated rings. The van der Waals surface area contributed by atoms with Crippen LogP contribution in [0.4, 0.5) is 15.8 Å². The number of anilines is 1. The van der Waals surface area contributed by atoms with Crippen LogP contribution in [0.15, 0.2) is 42.5 Å². The van der Waals surface area contributed by atoms with E-state index in [-0.39, 0.29) is 22.5 Å². The molecule has 1 heterocycles. The molecule has 1 aliphatic heterocycles. The molecule has 0 aromatic heterocycles. The Morgan fingerprint density at radius 2 is 1.92 bits per heavy atom. The average molecular weight is 355 g/mol. The maximum absolute atomic E-state index is 13.3. The molecule has 6 nitrogen and oxygen atoms in total. The van der Waals surface area contributed by atoms with E-state index in [4.69, 9.17) is 10.00 Å². The molecule has 0 radical (unpaired) electrons. The van der Waals surface area contributed by atoms with Gasteiger partial charge in [-0.25, -0.2) is 4.39 Å². The molecule has 3 rings (SSSR count). The van der Waals surface area contributed by atoms with Crippen molar-refractivity contribution >= 4 is 11.4 Å². The molecular weight excluding hydrogens is 337 g/mol. The molecule has 0 spiro atoms. The largest absolute Gasteiger partial charge is 0.381 e. The number of halogens is 1. The quantitative estimate of drug-likeness (QED) is 0.651. The van der Waals surface area contributed by atoms with Gasteiger partial charge in [0, 0.05) is 31.2 Å². The van der Waals surface area contributed by atoms with Gasteiger partial charge in [0.05, 0.1) is 16.6 Å². The van der Waals surface area contributed by atoms with Crippen LogP contribution in [0.25, 0.3) is 0 Å². The molecule has 0 saturated carbocycles. The molecule has 0 aliphatic carbocycles. The number of nitrogens with zero attached hydrogens (tertiary/aromatic N) is 2. The van der Waals surface area contributed by atoms with Crippen LogP contribution < -0.4 is 5.32 Å². The highest BCUT2D eigenvalue weighted by molar-refractivity contribution is 5.64. The van der Waals surface area contributed by atoms with Crippen molar-refractivity contribution in [3.05, 3.63) is 69.5 Å². The third kappa shape index (κ3) is 3.65. The molecule has 1 aliphatic rings. The number of benzene rings is 2. The fourth-order valence-corrected chi connectivity index (χ4v) is 3.30. The van der Waals surface area contributed by atoms with Gasteiger partial charge in [0.2, 0.25) is 0 Å². The Bertz CT molecular complexity index is 840. The van der Waals surface area contributed by atoms with E-state index >= 15 is 0 Å². The first-order valence-corrected chi connectivity index (χ1v) is 8.30. The summed E-state index contributed by atoms with van der Waals surface area (Å²) >= 11 is 0. The zero-order valence-electron chi connectivity index (χ0n) is 14.1. The van der Waals surface area contributed by atoms with E-state index in [9.17, 15) is 14.5 Å². The molecule has 7 heteroatoms. The lowest BCUT2D eigenvalue weighted by molar-refractivity contribution is -0.384. The monoisotopic (exact) mass is 355 g/mol. The average Bonchev–Trinajstić information content (AvgIpc) is 2.67. The Balaban J connectivity index is 1.88. The Labute approximate surface area is 150 Å². The van der Waals surface area contributed by atoms with Gasteiger partial charge in [-0.15, -0.1) is 0 Å². The van der Waals surface area contributed by atoms with Crippen LogP contribution in [0.1, 0.15) is 24.0 Å². The highest BCUT2D eigenvalue weighted by Crippen LogP contribution is 2.36. The minimum absolute atomic E-state index is 0.134. The second-order valence-electron chi connectivity index (χ2n) is 6.35. The molecular formula is C19H18FN3O3. The van der Waals surface area contributed by atoms with Crippen molar-refractivity contribution in [2.24, 2.45) is 0 Å². The smallest absolute Gasteiger partial charge is 0.293 e. The first-order chi connectivity index (χ1) is 12.5. The van der Waals surface area contributed by atoms with Gasteiger partial charge in [-0.3, -0.25) is 10.1 Å². The molecule has 2 aromatic rings. The molecule has 0 bridgehead atoms. The minimum atomic E-state index is -0.502. The van der Waals surface area contributed by atoms with E-state index in [1.54, 1.807) is 24.3 Å². The molecule has 0 amide bonds. The Kier molecular flexibility index (Phi) is 5.14. The molecule has 1 N–H and O–H groups in total. The van der Waals surface area contributed by atoms with E-state index in [1.165, 1.54) is 18.2 Å². The second kappa shape index (κ2) is 7.50. The van der Waals surface area contributed by atoms with Crippen molar-refractivity contribution in [2.75, 3.05) is 25.1 Å². The van der Waals surface area contributed by atoms with Gasteiger partial charge >= 0.3 is 0 Å². The molecule has 1 saturated heterocycles. The number of nitro benzene ring substituents is 1. The third-order valence-corrected chi connectivity index (χ3v) is 4.85. The van der Waals surface area contributed by atoms with E-state index in [1.807, 2.05) is 6.07 Å². The zero-order valence-corrected chi connectivity index (χ0v) is 14.1. The van der Waals surface area contributed by atoms with Crippen LogP contribution in [0.2, 0.25) is 0 Å². The van der Waals surface area contributed by atoms with E-state index < -0.39 is 4.92 Å². The summed E-state index contributed by atoms with van der Waals surface area (Å²) < 4.78 is 18.8. The molecule has 0 unspecified atom stereocenters. The van der Waals surface area contributed by atoms with Gasteiger partial charge in [-0.1, -0.05) is 12.1 Å². The van der Waals surface area contributed by atoms with Crippen LogP contribution in [0, 0.1) is 27.3 Å². The Hall–Kier alpha value is -2.98. The number of nitrogens with one attached hydrogen (secondary N) is 1. The van der Waals surface area contributed by atoms with Crippen molar-refractivity contribution in [3.8, 4) is 6.07 Å². The van der Waals surface area contributed by atoms with Crippen LogP contribution >= 0.6 is 0 Å².